The lowest BCUT2D eigenvalue weighted by Gasteiger charge is -2.23. The maximum atomic E-state index is 12.6. The minimum absolute atomic E-state index is 0.0115. The van der Waals surface area contributed by atoms with Gasteiger partial charge in [-0.3, -0.25) is 9.59 Å². The summed E-state index contributed by atoms with van der Waals surface area (Å²) in [5, 5.41) is 10.9. The number of benzene rings is 2. The highest BCUT2D eigenvalue weighted by molar-refractivity contribution is 6.85. The van der Waals surface area contributed by atoms with Crippen molar-refractivity contribution in [1.29, 1.82) is 0 Å². The second-order valence-electron chi connectivity index (χ2n) is 5.93. The van der Waals surface area contributed by atoms with Crippen LogP contribution in [0, 0.1) is 11.6 Å². The van der Waals surface area contributed by atoms with Crippen LogP contribution in [0.25, 0.3) is 10.8 Å². The first-order valence-electron chi connectivity index (χ1n) is 6.99. The van der Waals surface area contributed by atoms with Gasteiger partial charge < -0.3 is 5.11 Å². The van der Waals surface area contributed by atoms with Crippen LogP contribution in [0.15, 0.2) is 36.4 Å². The van der Waals surface area contributed by atoms with E-state index in [2.05, 4.69) is 11.6 Å². The number of hydrogen-bond donors (Lipinski definition) is 1. The Morgan fingerprint density at radius 1 is 1.05 bits per heavy atom. The van der Waals surface area contributed by atoms with Gasteiger partial charge in [0.25, 0.3) is 11.8 Å². The van der Waals surface area contributed by atoms with Gasteiger partial charge in [-0.15, -0.1) is 5.54 Å². The van der Waals surface area contributed by atoms with Crippen molar-refractivity contribution in [2.24, 2.45) is 0 Å². The summed E-state index contributed by atoms with van der Waals surface area (Å²) < 4.78 is 0. The smallest absolute Gasteiger partial charge is 0.273 e. The van der Waals surface area contributed by atoms with Crippen molar-refractivity contribution >= 4 is 30.7 Å². The van der Waals surface area contributed by atoms with Crippen LogP contribution < -0.4 is 0 Å². The molecule has 0 aliphatic carbocycles. The second-order valence-corrected chi connectivity index (χ2v) is 10.3. The maximum absolute atomic E-state index is 12.6. The molecule has 2 aromatic carbocycles. The molecule has 0 saturated carbocycles. The summed E-state index contributed by atoms with van der Waals surface area (Å²) in [6.07, 6.45) is -0.0115. The first kappa shape index (κ1) is 14.5. The zero-order valence-electron chi connectivity index (χ0n) is 12.4. The van der Waals surface area contributed by atoms with Gasteiger partial charge in [0.1, 0.15) is 0 Å². The lowest BCUT2D eigenvalue weighted by atomic mass is 9.94. The van der Waals surface area contributed by atoms with Crippen molar-refractivity contribution in [3.05, 3.63) is 47.5 Å². The fourth-order valence-corrected chi connectivity index (χ4v) is 2.87. The molecule has 0 aromatic heterocycles. The number of amides is 2. The molecule has 0 radical (unpaired) electrons. The monoisotopic (exact) mass is 309 g/mol. The molecular weight excluding hydrogens is 294 g/mol. The number of carbonyl (C=O) groups is 2. The Labute approximate surface area is 129 Å². The third-order valence-corrected chi connectivity index (χ3v) is 5.25. The van der Waals surface area contributed by atoms with Crippen molar-refractivity contribution in [3.8, 4) is 11.6 Å². The summed E-state index contributed by atoms with van der Waals surface area (Å²) in [5.41, 5.74) is 3.91. The van der Waals surface area contributed by atoms with Crippen LogP contribution in [0.4, 0.5) is 0 Å². The molecule has 3 rings (SSSR count). The Bertz CT molecular complexity index is 810. The molecule has 1 aliphatic heterocycles. The molecule has 2 aromatic rings. The summed E-state index contributed by atoms with van der Waals surface area (Å²) in [7, 11) is -2.13. The number of carbonyl (C=O) groups excluding carboxylic acids is 2. The van der Waals surface area contributed by atoms with Gasteiger partial charge in [0.15, 0.2) is 8.07 Å². The number of aliphatic hydroxyl groups excluding tert-OH is 1. The molecule has 0 unspecified atom stereocenters. The Balaban J connectivity index is 2.16. The van der Waals surface area contributed by atoms with E-state index in [1.165, 1.54) is 0 Å². The molecule has 1 heterocycles. The summed E-state index contributed by atoms with van der Waals surface area (Å²) in [4.78, 5) is 26.1. The van der Waals surface area contributed by atoms with E-state index in [-0.39, 0.29) is 6.23 Å². The molecular formula is C17H15NO3Si. The normalized spacial score (nSPS) is 14.0. The van der Waals surface area contributed by atoms with E-state index in [9.17, 15) is 14.7 Å². The Kier molecular flexibility index (Phi) is 3.36. The van der Waals surface area contributed by atoms with Crippen LogP contribution in [-0.4, -0.2) is 36.1 Å². The molecule has 1 aliphatic rings. The van der Waals surface area contributed by atoms with E-state index in [0.29, 0.717) is 16.5 Å². The topological polar surface area (TPSA) is 57.6 Å². The van der Waals surface area contributed by atoms with E-state index in [1.54, 1.807) is 24.3 Å². The van der Waals surface area contributed by atoms with Gasteiger partial charge in [0.2, 0.25) is 0 Å². The van der Waals surface area contributed by atoms with Gasteiger partial charge in [0.05, 0.1) is 0 Å². The predicted molar refractivity (Wildman–Crippen MR) is 86.8 cm³/mol. The fraction of sp³-hybridized carbons (Fsp3) is 0.176. The van der Waals surface area contributed by atoms with Crippen molar-refractivity contribution in [2.75, 3.05) is 6.23 Å². The molecule has 5 heteroatoms. The zero-order chi connectivity index (χ0) is 15.9. The number of imide groups is 1. The largest absolute Gasteiger partial charge is 0.398 e. The van der Waals surface area contributed by atoms with E-state index >= 15 is 0 Å². The van der Waals surface area contributed by atoms with Crippen molar-refractivity contribution in [3.63, 3.8) is 0 Å². The zero-order valence-corrected chi connectivity index (χ0v) is 13.4. The lowest BCUT2D eigenvalue weighted by molar-refractivity contribution is 0.0694. The van der Waals surface area contributed by atoms with Crippen LogP contribution in [-0.2, 0) is 0 Å². The second kappa shape index (κ2) is 5.09. The summed E-state index contributed by atoms with van der Waals surface area (Å²) in [6.45, 7) is 3.77. The molecule has 1 N–H and O–H groups in total. The molecule has 0 atom stereocenters. The van der Waals surface area contributed by atoms with Crippen LogP contribution in [0.2, 0.25) is 13.1 Å². The number of nitrogens with zero attached hydrogens (tertiary/aromatic N) is 1. The molecule has 4 nitrogen and oxygen atoms in total. The number of aliphatic hydroxyl groups is 1. The summed E-state index contributed by atoms with van der Waals surface area (Å²) in [6, 6.07) is 13.5. The summed E-state index contributed by atoms with van der Waals surface area (Å²) >= 11 is 0. The van der Waals surface area contributed by atoms with Gasteiger partial charge in [-0.2, -0.15) is 4.90 Å². The third kappa shape index (κ3) is 2.23. The SMILES string of the molecule is C[Si](C)(C#CN1C(=O)c2cccc3cccc(c23)C1=O)CO. The molecule has 22 heavy (non-hydrogen) atoms. The van der Waals surface area contributed by atoms with Crippen LogP contribution in [0.1, 0.15) is 20.7 Å². The van der Waals surface area contributed by atoms with E-state index in [0.717, 1.165) is 10.3 Å². The van der Waals surface area contributed by atoms with Gasteiger partial charge in [-0.05, 0) is 17.5 Å². The minimum atomic E-state index is -2.13. The highest BCUT2D eigenvalue weighted by atomic mass is 28.3. The Morgan fingerprint density at radius 2 is 1.59 bits per heavy atom. The lowest BCUT2D eigenvalue weighted by Crippen LogP contribution is -2.38. The first-order chi connectivity index (χ1) is 10.4. The molecule has 2 amide bonds. The van der Waals surface area contributed by atoms with E-state index < -0.39 is 19.9 Å². The number of hydrogen-bond acceptors (Lipinski definition) is 3. The number of rotatable bonds is 1. The molecule has 0 fully saturated rings. The van der Waals surface area contributed by atoms with Crippen LogP contribution in [0.5, 0.6) is 0 Å². The first-order valence-corrected chi connectivity index (χ1v) is 10.2. The highest BCUT2D eigenvalue weighted by Crippen LogP contribution is 2.29. The van der Waals surface area contributed by atoms with Crippen LogP contribution >= 0.6 is 0 Å². The van der Waals surface area contributed by atoms with Gasteiger partial charge >= 0.3 is 0 Å². The van der Waals surface area contributed by atoms with E-state index in [4.69, 9.17) is 0 Å². The molecule has 0 bridgehead atoms. The molecule has 110 valence electrons. The minimum Gasteiger partial charge on any atom is -0.398 e. The van der Waals surface area contributed by atoms with Crippen molar-refractivity contribution in [1.82, 2.24) is 4.90 Å². The average molecular weight is 309 g/mol. The van der Waals surface area contributed by atoms with Gasteiger partial charge in [-0.25, -0.2) is 0 Å². The molecule has 0 saturated heterocycles. The van der Waals surface area contributed by atoms with Gasteiger partial charge in [0, 0.05) is 28.8 Å². The Morgan fingerprint density at radius 3 is 2.09 bits per heavy atom. The van der Waals surface area contributed by atoms with Gasteiger partial charge in [-0.1, -0.05) is 37.4 Å². The fourth-order valence-electron chi connectivity index (χ4n) is 2.38. The van der Waals surface area contributed by atoms with Crippen molar-refractivity contribution in [2.45, 2.75) is 13.1 Å². The van der Waals surface area contributed by atoms with Crippen LogP contribution in [0.3, 0.4) is 0 Å². The quantitative estimate of drug-likeness (QED) is 0.499. The Hall–Kier alpha value is -2.42. The standard InChI is InChI=1S/C17H15NO3Si/c1-22(2,11-19)10-9-18-16(20)13-7-3-5-12-6-4-8-14(15(12)13)17(18)21/h3-8,19H,11H2,1-2H3. The maximum Gasteiger partial charge on any atom is 0.273 e. The molecule has 0 spiro atoms. The predicted octanol–water partition coefficient (Wildman–Crippen LogP) is 2.18. The average Bonchev–Trinajstić information content (AvgIpc) is 2.52. The third-order valence-electron chi connectivity index (χ3n) is 3.67. The highest BCUT2D eigenvalue weighted by Gasteiger charge is 2.32. The van der Waals surface area contributed by atoms with Crippen molar-refractivity contribution < 1.29 is 14.7 Å². The summed E-state index contributed by atoms with van der Waals surface area (Å²) in [5.74, 6) is -0.797. The van der Waals surface area contributed by atoms with E-state index in [1.807, 2.05) is 25.2 Å².